The molecule has 1 nitrogen and oxygen atoms in total. The Morgan fingerprint density at radius 1 is 0.625 bits per heavy atom. The summed E-state index contributed by atoms with van der Waals surface area (Å²) in [6, 6.07) is 0. The number of hydrogen-bond donors (Lipinski definition) is 1. The fourth-order valence-electron chi connectivity index (χ4n) is 1.06. The molecule has 0 spiro atoms. The zero-order valence-electron chi connectivity index (χ0n) is 5.45. The van der Waals surface area contributed by atoms with Gasteiger partial charge < -0.3 is 6.15 Å². The smallest absolute Gasteiger partial charge is 0 e. The molecule has 0 saturated heterocycles. The van der Waals surface area contributed by atoms with Crippen molar-refractivity contribution in [2.24, 2.45) is 0 Å². The van der Waals surface area contributed by atoms with Gasteiger partial charge in [0, 0.05) is 32.5 Å². The molecule has 0 aliphatic heterocycles. The van der Waals surface area contributed by atoms with Crippen LogP contribution in [0.25, 0.3) is 0 Å². The van der Waals surface area contributed by atoms with E-state index < -0.39 is 0 Å². The standard InChI is InChI=1S/C6H12.H3N.U.H2/c1-2-4-6-5-3-1;;;/h1-6H2;1H3;;1H. The monoisotopic (exact) mass is 341 g/mol. The quantitative estimate of drug-likeness (QED) is 0.723. The Labute approximate surface area is 77.1 Å². The molecule has 2 heteroatoms. The molecule has 50 valence electrons. The topological polar surface area (TPSA) is 35.0 Å². The van der Waals surface area contributed by atoms with Crippen LogP contribution in [0.15, 0.2) is 0 Å². The van der Waals surface area contributed by atoms with Crippen molar-refractivity contribution in [3.05, 3.63) is 0 Å². The van der Waals surface area contributed by atoms with Crippen LogP contribution in [-0.2, 0) is 0 Å². The average Bonchev–Trinajstić information content (AvgIpc) is 1.72. The fraction of sp³-hybridized carbons (Fsp3) is 1.00. The van der Waals surface area contributed by atoms with E-state index in [2.05, 4.69) is 0 Å². The van der Waals surface area contributed by atoms with Crippen LogP contribution < -0.4 is 6.15 Å². The van der Waals surface area contributed by atoms with Gasteiger partial charge >= 0.3 is 0 Å². The second-order valence-corrected chi connectivity index (χ2v) is 2.12. The van der Waals surface area contributed by atoms with Gasteiger partial charge in [-0.2, -0.15) is 0 Å². The van der Waals surface area contributed by atoms with Crippen molar-refractivity contribution in [1.82, 2.24) is 6.15 Å². The van der Waals surface area contributed by atoms with E-state index in [1.54, 1.807) is 0 Å². The summed E-state index contributed by atoms with van der Waals surface area (Å²) >= 11 is 0. The third-order valence-corrected chi connectivity index (χ3v) is 1.50. The summed E-state index contributed by atoms with van der Waals surface area (Å²) in [6.07, 6.45) is 9.00. The molecular weight excluding hydrogens is 324 g/mol. The number of hydrogen-bond acceptors (Lipinski definition) is 1. The molecule has 0 heterocycles. The summed E-state index contributed by atoms with van der Waals surface area (Å²) in [5, 5.41) is 0. The Morgan fingerprint density at radius 2 is 0.750 bits per heavy atom. The van der Waals surface area contributed by atoms with Gasteiger partial charge in [-0.1, -0.05) is 38.5 Å². The first-order chi connectivity index (χ1) is 3.00. The van der Waals surface area contributed by atoms with Gasteiger partial charge in [-0.15, -0.1) is 0 Å². The second kappa shape index (κ2) is 8.01. The van der Waals surface area contributed by atoms with E-state index in [1.807, 2.05) is 0 Å². The molecule has 0 amide bonds. The Balaban J connectivity index is -0.000000120. The molecule has 0 aromatic carbocycles. The zero-order valence-corrected chi connectivity index (χ0v) is 9.61. The van der Waals surface area contributed by atoms with Crippen molar-refractivity contribution in [3.63, 3.8) is 0 Å². The fourth-order valence-corrected chi connectivity index (χ4v) is 1.06. The van der Waals surface area contributed by atoms with Crippen LogP contribution in [-0.4, -0.2) is 0 Å². The first-order valence-corrected chi connectivity index (χ1v) is 3.00. The first kappa shape index (κ1) is 11.8. The van der Waals surface area contributed by atoms with Crippen molar-refractivity contribution in [2.45, 2.75) is 38.5 Å². The molecule has 3 N–H and O–H groups in total. The van der Waals surface area contributed by atoms with Crippen LogP contribution in [0.4, 0.5) is 0 Å². The summed E-state index contributed by atoms with van der Waals surface area (Å²) in [7, 11) is 0. The molecule has 0 radical (unpaired) electrons. The number of rotatable bonds is 0. The molecule has 0 bridgehead atoms. The van der Waals surface area contributed by atoms with Gasteiger partial charge in [0.1, 0.15) is 0 Å². The van der Waals surface area contributed by atoms with Crippen LogP contribution in [0.5, 0.6) is 0 Å². The van der Waals surface area contributed by atoms with Crippen molar-refractivity contribution in [2.75, 3.05) is 0 Å². The average molecular weight is 341 g/mol. The normalized spacial score (nSPS) is 18.0. The molecule has 0 unspecified atom stereocenters. The predicted octanol–water partition coefficient (Wildman–Crippen LogP) is 2.75. The van der Waals surface area contributed by atoms with Gasteiger partial charge in [-0.3, -0.25) is 0 Å². The molecule has 1 rings (SSSR count). The first-order valence-electron chi connectivity index (χ1n) is 3.00. The molecule has 1 saturated carbocycles. The Bertz CT molecular complexity index is 28.5. The van der Waals surface area contributed by atoms with E-state index in [1.165, 1.54) is 38.5 Å². The van der Waals surface area contributed by atoms with Gasteiger partial charge in [0.15, 0.2) is 0 Å². The van der Waals surface area contributed by atoms with E-state index in [0.29, 0.717) is 0 Å². The maximum absolute atomic E-state index is 1.50. The minimum Gasteiger partial charge on any atom is -0.344 e. The van der Waals surface area contributed by atoms with Crippen molar-refractivity contribution in [1.29, 1.82) is 0 Å². The third-order valence-electron chi connectivity index (χ3n) is 1.50. The second-order valence-electron chi connectivity index (χ2n) is 2.12. The molecule has 1 aliphatic rings. The molecule has 0 aromatic rings. The molecule has 0 atom stereocenters. The minimum atomic E-state index is 0. The van der Waals surface area contributed by atoms with Crippen LogP contribution in [0.2, 0.25) is 0 Å². The van der Waals surface area contributed by atoms with Gasteiger partial charge in [-0.05, 0) is 0 Å². The Hall–Kier alpha value is 1.01. The van der Waals surface area contributed by atoms with Crippen LogP contribution in [0, 0.1) is 31.1 Å². The molecule has 0 aromatic heterocycles. The van der Waals surface area contributed by atoms with Gasteiger partial charge in [0.05, 0.1) is 0 Å². The molecular formula is C6H17NU. The predicted molar refractivity (Wildman–Crippen MR) is 34.8 cm³/mol. The van der Waals surface area contributed by atoms with Crippen molar-refractivity contribution < 1.29 is 32.5 Å². The van der Waals surface area contributed by atoms with Crippen LogP contribution >= 0.6 is 0 Å². The van der Waals surface area contributed by atoms with Crippen molar-refractivity contribution in [3.8, 4) is 0 Å². The summed E-state index contributed by atoms with van der Waals surface area (Å²) < 4.78 is 0. The van der Waals surface area contributed by atoms with Crippen LogP contribution in [0.3, 0.4) is 0 Å². The molecule has 1 aliphatic carbocycles. The van der Waals surface area contributed by atoms with Gasteiger partial charge in [-0.25, -0.2) is 0 Å². The zero-order chi connectivity index (χ0) is 4.24. The van der Waals surface area contributed by atoms with E-state index in [9.17, 15) is 0 Å². The van der Waals surface area contributed by atoms with E-state index in [4.69, 9.17) is 0 Å². The summed E-state index contributed by atoms with van der Waals surface area (Å²) in [5.74, 6) is 0. The Morgan fingerprint density at radius 3 is 0.875 bits per heavy atom. The largest absolute Gasteiger partial charge is 0.344 e. The third kappa shape index (κ3) is 5.15. The van der Waals surface area contributed by atoms with E-state index in [-0.39, 0.29) is 38.7 Å². The maximum atomic E-state index is 1.50. The van der Waals surface area contributed by atoms with Gasteiger partial charge in [0.25, 0.3) is 0 Å². The summed E-state index contributed by atoms with van der Waals surface area (Å²) in [4.78, 5) is 0. The van der Waals surface area contributed by atoms with Gasteiger partial charge in [0.2, 0.25) is 0 Å². The van der Waals surface area contributed by atoms with E-state index >= 15 is 0 Å². The Kier molecular flexibility index (Phi) is 11.8. The van der Waals surface area contributed by atoms with Crippen LogP contribution in [0.1, 0.15) is 40.0 Å². The minimum absolute atomic E-state index is 0. The SMILES string of the molecule is C1CCCCC1.N.[HH].[U]. The summed E-state index contributed by atoms with van der Waals surface area (Å²) in [6.45, 7) is 0. The van der Waals surface area contributed by atoms with Crippen molar-refractivity contribution >= 4 is 0 Å². The maximum Gasteiger partial charge on any atom is 0 e. The van der Waals surface area contributed by atoms with E-state index in [0.717, 1.165) is 0 Å². The molecule has 8 heavy (non-hydrogen) atoms. The summed E-state index contributed by atoms with van der Waals surface area (Å²) in [5.41, 5.74) is 0. The molecule has 1 fully saturated rings.